The molecule has 2 rings (SSSR count). The SMILES string of the molecule is CNC(CCCc1ccc2ccccc2n1)C(C)C. The minimum atomic E-state index is 0.612. The monoisotopic (exact) mass is 256 g/mol. The highest BCUT2D eigenvalue weighted by Gasteiger charge is 2.10. The molecule has 0 aliphatic heterocycles. The average molecular weight is 256 g/mol. The lowest BCUT2D eigenvalue weighted by molar-refractivity contribution is 0.393. The number of fused-ring (bicyclic) bond motifs is 1. The average Bonchev–Trinajstić information content (AvgIpc) is 2.43. The maximum Gasteiger partial charge on any atom is 0.0705 e. The predicted molar refractivity (Wildman–Crippen MR) is 82.4 cm³/mol. The summed E-state index contributed by atoms with van der Waals surface area (Å²) >= 11 is 0. The molecule has 19 heavy (non-hydrogen) atoms. The molecule has 0 amide bonds. The van der Waals surface area contributed by atoms with Crippen LogP contribution in [0.25, 0.3) is 10.9 Å². The van der Waals surface area contributed by atoms with Gasteiger partial charge in [0.2, 0.25) is 0 Å². The second kappa shape index (κ2) is 6.67. The molecule has 0 saturated heterocycles. The fraction of sp³-hybridized carbons (Fsp3) is 0.471. The lowest BCUT2D eigenvalue weighted by atomic mass is 9.98. The van der Waals surface area contributed by atoms with Crippen LogP contribution in [-0.4, -0.2) is 18.1 Å². The molecule has 0 saturated carbocycles. The van der Waals surface area contributed by atoms with Gasteiger partial charge in [0.1, 0.15) is 0 Å². The molecule has 0 fully saturated rings. The summed E-state index contributed by atoms with van der Waals surface area (Å²) in [4.78, 5) is 4.72. The van der Waals surface area contributed by atoms with Crippen molar-refractivity contribution in [3.05, 3.63) is 42.1 Å². The van der Waals surface area contributed by atoms with Crippen LogP contribution in [0.3, 0.4) is 0 Å². The molecule has 102 valence electrons. The minimum absolute atomic E-state index is 0.612. The molecule has 1 N–H and O–H groups in total. The fourth-order valence-corrected chi connectivity index (χ4v) is 2.56. The van der Waals surface area contributed by atoms with Crippen LogP contribution in [0.15, 0.2) is 36.4 Å². The topological polar surface area (TPSA) is 24.9 Å². The molecule has 0 aliphatic rings. The highest BCUT2D eigenvalue weighted by atomic mass is 14.9. The van der Waals surface area contributed by atoms with Gasteiger partial charge in [0.25, 0.3) is 0 Å². The largest absolute Gasteiger partial charge is 0.317 e. The third-order valence-electron chi connectivity index (χ3n) is 3.78. The van der Waals surface area contributed by atoms with E-state index in [1.807, 2.05) is 0 Å². The highest BCUT2D eigenvalue weighted by molar-refractivity contribution is 5.78. The lowest BCUT2D eigenvalue weighted by Crippen LogP contribution is -2.30. The van der Waals surface area contributed by atoms with Crippen LogP contribution in [0.2, 0.25) is 0 Å². The van der Waals surface area contributed by atoms with E-state index in [1.54, 1.807) is 0 Å². The smallest absolute Gasteiger partial charge is 0.0705 e. The summed E-state index contributed by atoms with van der Waals surface area (Å²) in [7, 11) is 2.05. The molecule has 1 atom stereocenters. The van der Waals surface area contributed by atoms with Gasteiger partial charge >= 0.3 is 0 Å². The molecule has 1 aromatic carbocycles. The Bertz CT molecular complexity index is 519. The normalized spacial score (nSPS) is 13.1. The first-order valence-electron chi connectivity index (χ1n) is 7.22. The zero-order valence-corrected chi connectivity index (χ0v) is 12.2. The first kappa shape index (κ1) is 14.0. The van der Waals surface area contributed by atoms with Gasteiger partial charge in [-0.25, -0.2) is 0 Å². The summed E-state index contributed by atoms with van der Waals surface area (Å²) in [5.41, 5.74) is 2.31. The molecule has 2 nitrogen and oxygen atoms in total. The summed E-state index contributed by atoms with van der Waals surface area (Å²) in [6.07, 6.45) is 3.47. The Hall–Kier alpha value is -1.41. The Morgan fingerprint density at radius 2 is 1.89 bits per heavy atom. The Morgan fingerprint density at radius 3 is 2.63 bits per heavy atom. The van der Waals surface area contributed by atoms with Crippen molar-refractivity contribution in [2.45, 2.75) is 39.2 Å². The molecule has 0 spiro atoms. The minimum Gasteiger partial charge on any atom is -0.317 e. The van der Waals surface area contributed by atoms with Gasteiger partial charge in [-0.2, -0.15) is 0 Å². The van der Waals surface area contributed by atoms with Crippen molar-refractivity contribution < 1.29 is 0 Å². The predicted octanol–water partition coefficient (Wildman–Crippen LogP) is 3.80. The van der Waals surface area contributed by atoms with Crippen LogP contribution >= 0.6 is 0 Å². The molecule has 1 unspecified atom stereocenters. The summed E-state index contributed by atoms with van der Waals surface area (Å²) in [6, 6.07) is 13.3. The van der Waals surface area contributed by atoms with E-state index in [0.717, 1.165) is 11.9 Å². The Morgan fingerprint density at radius 1 is 1.11 bits per heavy atom. The highest BCUT2D eigenvalue weighted by Crippen LogP contribution is 2.15. The van der Waals surface area contributed by atoms with Gasteiger partial charge < -0.3 is 5.32 Å². The number of hydrogen-bond donors (Lipinski definition) is 1. The van der Waals surface area contributed by atoms with Gasteiger partial charge in [-0.05, 0) is 44.4 Å². The Kier molecular flexibility index (Phi) is 4.92. The van der Waals surface area contributed by atoms with Gasteiger partial charge in [-0.1, -0.05) is 38.1 Å². The van der Waals surface area contributed by atoms with E-state index in [0.29, 0.717) is 12.0 Å². The zero-order valence-electron chi connectivity index (χ0n) is 12.2. The Balaban J connectivity index is 1.94. The molecular formula is C17H24N2. The van der Waals surface area contributed by atoms with Gasteiger partial charge in [0.05, 0.1) is 5.52 Å². The van der Waals surface area contributed by atoms with Crippen molar-refractivity contribution in [2.24, 2.45) is 5.92 Å². The summed E-state index contributed by atoms with van der Waals surface area (Å²) in [5, 5.41) is 4.62. The van der Waals surface area contributed by atoms with Crippen LogP contribution in [0, 0.1) is 5.92 Å². The number of rotatable bonds is 6. The fourth-order valence-electron chi connectivity index (χ4n) is 2.56. The van der Waals surface area contributed by atoms with E-state index < -0.39 is 0 Å². The molecule has 0 radical (unpaired) electrons. The van der Waals surface area contributed by atoms with Crippen molar-refractivity contribution in [2.75, 3.05) is 7.05 Å². The maximum atomic E-state index is 4.72. The molecule has 1 aromatic heterocycles. The Labute approximate surface area is 116 Å². The lowest BCUT2D eigenvalue weighted by Gasteiger charge is -2.19. The van der Waals surface area contributed by atoms with Crippen molar-refractivity contribution in [3.8, 4) is 0 Å². The van der Waals surface area contributed by atoms with Crippen molar-refractivity contribution in [1.82, 2.24) is 10.3 Å². The van der Waals surface area contributed by atoms with Crippen molar-refractivity contribution in [3.63, 3.8) is 0 Å². The van der Waals surface area contributed by atoms with Gasteiger partial charge in [0.15, 0.2) is 0 Å². The van der Waals surface area contributed by atoms with E-state index in [9.17, 15) is 0 Å². The number of nitrogens with one attached hydrogen (secondary N) is 1. The molecular weight excluding hydrogens is 232 g/mol. The molecule has 1 heterocycles. The van der Waals surface area contributed by atoms with E-state index >= 15 is 0 Å². The number of benzene rings is 1. The van der Waals surface area contributed by atoms with Crippen LogP contribution in [0.5, 0.6) is 0 Å². The van der Waals surface area contributed by atoms with Gasteiger partial charge in [-0.15, -0.1) is 0 Å². The summed E-state index contributed by atoms with van der Waals surface area (Å²) in [5.74, 6) is 0.689. The van der Waals surface area contributed by atoms with E-state index in [4.69, 9.17) is 4.98 Å². The third kappa shape index (κ3) is 3.77. The zero-order chi connectivity index (χ0) is 13.7. The number of nitrogens with zero attached hydrogens (tertiary/aromatic N) is 1. The molecule has 2 aromatic rings. The van der Waals surface area contributed by atoms with Crippen molar-refractivity contribution in [1.29, 1.82) is 0 Å². The molecule has 2 heteroatoms. The van der Waals surface area contributed by atoms with Crippen LogP contribution in [0.1, 0.15) is 32.4 Å². The standard InChI is InChI=1S/C17H24N2/c1-13(2)16(18-3)10-6-8-15-12-11-14-7-4-5-9-17(14)19-15/h4-5,7,9,11-13,16,18H,6,8,10H2,1-3H3. The van der Waals surface area contributed by atoms with Crippen LogP contribution < -0.4 is 5.32 Å². The number of hydrogen-bond acceptors (Lipinski definition) is 2. The molecule has 0 bridgehead atoms. The third-order valence-corrected chi connectivity index (χ3v) is 3.78. The van der Waals surface area contributed by atoms with Gasteiger partial charge in [-0.3, -0.25) is 4.98 Å². The number of pyridine rings is 1. The first-order valence-corrected chi connectivity index (χ1v) is 7.22. The number of aromatic nitrogens is 1. The second-order valence-corrected chi connectivity index (χ2v) is 5.53. The second-order valence-electron chi connectivity index (χ2n) is 5.53. The van der Waals surface area contributed by atoms with E-state index in [2.05, 4.69) is 62.6 Å². The van der Waals surface area contributed by atoms with Gasteiger partial charge in [0, 0.05) is 17.1 Å². The summed E-state index contributed by atoms with van der Waals surface area (Å²) in [6.45, 7) is 4.55. The van der Waals surface area contributed by atoms with Crippen LogP contribution in [-0.2, 0) is 6.42 Å². The number of para-hydroxylation sites is 1. The quantitative estimate of drug-likeness (QED) is 0.850. The van der Waals surface area contributed by atoms with E-state index in [-0.39, 0.29) is 0 Å². The first-order chi connectivity index (χ1) is 9.20. The summed E-state index contributed by atoms with van der Waals surface area (Å²) < 4.78 is 0. The number of aryl methyl sites for hydroxylation is 1. The van der Waals surface area contributed by atoms with E-state index in [1.165, 1.54) is 23.9 Å². The molecule has 0 aliphatic carbocycles. The maximum absolute atomic E-state index is 4.72. The van der Waals surface area contributed by atoms with Crippen molar-refractivity contribution >= 4 is 10.9 Å². The van der Waals surface area contributed by atoms with Crippen LogP contribution in [0.4, 0.5) is 0 Å².